The van der Waals surface area contributed by atoms with Crippen LogP contribution in [0.5, 0.6) is 0 Å². The van der Waals surface area contributed by atoms with Crippen LogP contribution in [0.25, 0.3) is 0 Å². The second kappa shape index (κ2) is 10.9. The summed E-state index contributed by atoms with van der Waals surface area (Å²) in [7, 11) is -5.82. The summed E-state index contributed by atoms with van der Waals surface area (Å²) in [5, 5.41) is 2.52. The molecule has 0 aliphatic carbocycles. The van der Waals surface area contributed by atoms with Crippen molar-refractivity contribution in [1.29, 1.82) is 0 Å². The van der Waals surface area contributed by atoms with E-state index in [-0.39, 0.29) is 17.0 Å². The fraction of sp³-hybridized carbons (Fsp3) is 1.00. The summed E-state index contributed by atoms with van der Waals surface area (Å²) in [4.78, 5) is 18.0. The van der Waals surface area contributed by atoms with Gasteiger partial charge in [0.25, 0.3) is 7.52 Å². The molecule has 0 saturated heterocycles. The molecule has 0 aliphatic rings. The average molecular weight is 387 g/mol. The van der Waals surface area contributed by atoms with Gasteiger partial charge in [-0.1, -0.05) is 32.8 Å². The third-order valence-corrected chi connectivity index (χ3v) is 5.30. The van der Waals surface area contributed by atoms with Gasteiger partial charge in [-0.15, -0.1) is 4.89 Å². The van der Waals surface area contributed by atoms with Gasteiger partial charge < -0.3 is 14.4 Å². The molecule has 24 heavy (non-hydrogen) atoms. The number of nitrogens with one attached hydrogen (secondary N) is 1. The Labute approximate surface area is 145 Å². The van der Waals surface area contributed by atoms with Gasteiger partial charge in [0.1, 0.15) is 0 Å². The molecule has 0 radical (unpaired) electrons. The standard InChI is InChI=1S/C14H32N2O6P2/c1-13(2,11-16-23(17)18)5-7-21-9-10-22-8-6-14(3,4)12-24(15,19)20/h5-12H2,1-4H3,(H4-,15,16,17,18,19,20)/p+1. The molecule has 2 atom stereocenters. The minimum Gasteiger partial charge on any atom is -0.379 e. The monoisotopic (exact) mass is 387 g/mol. The summed E-state index contributed by atoms with van der Waals surface area (Å²) < 4.78 is 32.8. The Hall–Kier alpha value is 0.0900. The molecule has 2 unspecified atom stereocenters. The first-order valence-corrected chi connectivity index (χ1v) is 11.1. The number of nitrogens with two attached hydrogens (primary N) is 1. The molecule has 144 valence electrons. The third kappa shape index (κ3) is 15.6. The van der Waals surface area contributed by atoms with Crippen molar-refractivity contribution in [3.8, 4) is 0 Å². The fourth-order valence-electron chi connectivity index (χ4n) is 2.08. The van der Waals surface area contributed by atoms with E-state index in [2.05, 4.69) is 5.09 Å². The maximum absolute atomic E-state index is 11.2. The van der Waals surface area contributed by atoms with E-state index in [9.17, 15) is 14.0 Å². The highest BCUT2D eigenvalue weighted by Gasteiger charge is 2.26. The Balaban J connectivity index is 3.67. The first kappa shape index (κ1) is 24.1. The Bertz CT molecular complexity index is 425. The van der Waals surface area contributed by atoms with Crippen LogP contribution in [-0.4, -0.2) is 48.9 Å². The minimum atomic E-state index is -3.51. The molecule has 10 heteroatoms. The second-order valence-corrected chi connectivity index (χ2v) is 10.3. The van der Waals surface area contributed by atoms with Crippen molar-refractivity contribution in [3.63, 3.8) is 0 Å². The highest BCUT2D eigenvalue weighted by Crippen LogP contribution is 2.39. The summed E-state index contributed by atoms with van der Waals surface area (Å²) >= 11 is 0. The van der Waals surface area contributed by atoms with Crippen LogP contribution in [0.3, 0.4) is 0 Å². The van der Waals surface area contributed by atoms with Crippen LogP contribution in [0.4, 0.5) is 0 Å². The lowest BCUT2D eigenvalue weighted by molar-refractivity contribution is 0.0304. The lowest BCUT2D eigenvalue weighted by Gasteiger charge is -2.25. The van der Waals surface area contributed by atoms with Crippen LogP contribution in [-0.2, 0) is 18.6 Å². The third-order valence-electron chi connectivity index (χ3n) is 3.57. The van der Waals surface area contributed by atoms with Crippen molar-refractivity contribution in [2.45, 2.75) is 40.5 Å². The molecule has 0 aromatic heterocycles. The van der Waals surface area contributed by atoms with E-state index in [4.69, 9.17) is 19.9 Å². The van der Waals surface area contributed by atoms with Gasteiger partial charge in [-0.3, -0.25) is 10.1 Å². The molecule has 0 amide bonds. The molecular weight excluding hydrogens is 354 g/mol. The maximum Gasteiger partial charge on any atom is 0.610 e. The van der Waals surface area contributed by atoms with E-state index in [1.807, 2.05) is 27.7 Å². The normalized spacial score (nSPS) is 16.0. The highest BCUT2D eigenvalue weighted by atomic mass is 31.2. The van der Waals surface area contributed by atoms with Crippen molar-refractivity contribution in [2.75, 3.05) is 39.1 Å². The van der Waals surface area contributed by atoms with Crippen molar-refractivity contribution in [1.82, 2.24) is 5.09 Å². The highest BCUT2D eigenvalue weighted by molar-refractivity contribution is 7.55. The van der Waals surface area contributed by atoms with Crippen molar-refractivity contribution >= 4 is 15.7 Å². The summed E-state index contributed by atoms with van der Waals surface area (Å²) in [6.07, 6.45) is 1.48. The fourth-order valence-corrected chi connectivity index (χ4v) is 4.03. The Morgan fingerprint density at radius 1 is 1.04 bits per heavy atom. The van der Waals surface area contributed by atoms with Crippen LogP contribution in [0.1, 0.15) is 40.5 Å². The predicted molar refractivity (Wildman–Crippen MR) is 95.1 cm³/mol. The smallest absolute Gasteiger partial charge is 0.379 e. The molecule has 8 nitrogen and oxygen atoms in total. The van der Waals surface area contributed by atoms with Crippen LogP contribution in [0.2, 0.25) is 0 Å². The van der Waals surface area contributed by atoms with Gasteiger partial charge >= 0.3 is 8.18 Å². The molecule has 0 aromatic carbocycles. The first-order valence-electron chi connectivity index (χ1n) is 7.99. The Morgan fingerprint density at radius 2 is 1.50 bits per heavy atom. The zero-order chi connectivity index (χ0) is 18.9. The summed E-state index contributed by atoms with van der Waals surface area (Å²) in [5.41, 5.74) is 4.73. The minimum absolute atomic E-state index is 0.0718. The SMILES string of the molecule is CC(C)(CCOCCOCCC(C)(C)CP(N)(=O)O)CN[P+](=O)O. The molecule has 0 saturated carbocycles. The topological polar surface area (TPSA) is 131 Å². The molecule has 0 rings (SSSR count). The van der Waals surface area contributed by atoms with Gasteiger partial charge in [0.15, 0.2) is 0 Å². The zero-order valence-electron chi connectivity index (χ0n) is 15.2. The number of hydrogen-bond acceptors (Lipinski definition) is 4. The molecule has 0 spiro atoms. The molecule has 0 aromatic rings. The molecule has 0 bridgehead atoms. The average Bonchev–Trinajstić information content (AvgIpc) is 2.37. The van der Waals surface area contributed by atoms with Gasteiger partial charge in [0.05, 0.1) is 13.2 Å². The van der Waals surface area contributed by atoms with E-state index >= 15 is 0 Å². The van der Waals surface area contributed by atoms with E-state index in [1.165, 1.54) is 0 Å². The second-order valence-electron chi connectivity index (χ2n) is 7.57. The Morgan fingerprint density at radius 3 is 1.92 bits per heavy atom. The molecule has 0 aliphatic heterocycles. The first-order chi connectivity index (χ1) is 10.8. The van der Waals surface area contributed by atoms with Gasteiger partial charge in [-0.05, 0) is 28.2 Å². The van der Waals surface area contributed by atoms with E-state index in [0.717, 1.165) is 6.42 Å². The number of hydrogen-bond donors (Lipinski definition) is 4. The maximum atomic E-state index is 11.2. The van der Waals surface area contributed by atoms with Crippen LogP contribution < -0.4 is 10.6 Å². The molecule has 0 fully saturated rings. The van der Waals surface area contributed by atoms with Crippen molar-refractivity contribution in [2.24, 2.45) is 16.3 Å². The quantitative estimate of drug-likeness (QED) is 0.264. The van der Waals surface area contributed by atoms with Crippen molar-refractivity contribution in [3.05, 3.63) is 0 Å². The zero-order valence-corrected chi connectivity index (χ0v) is 16.9. The van der Waals surface area contributed by atoms with Crippen LogP contribution in [0.15, 0.2) is 0 Å². The number of rotatable bonds is 14. The largest absolute Gasteiger partial charge is 0.610 e. The molecule has 0 heterocycles. The predicted octanol–water partition coefficient (Wildman–Crippen LogP) is 2.24. The van der Waals surface area contributed by atoms with E-state index in [1.54, 1.807) is 0 Å². The molecular formula is C14H33N2O6P2+. The lowest BCUT2D eigenvalue weighted by atomic mass is 9.90. The van der Waals surface area contributed by atoms with E-state index < -0.39 is 15.7 Å². The Kier molecular flexibility index (Phi) is 11.0. The van der Waals surface area contributed by atoms with Crippen LogP contribution >= 0.6 is 15.7 Å². The lowest BCUT2D eigenvalue weighted by Crippen LogP contribution is -2.27. The summed E-state index contributed by atoms with van der Waals surface area (Å²) in [5.74, 6) is 0. The van der Waals surface area contributed by atoms with Crippen molar-refractivity contribution < 1.29 is 28.4 Å². The van der Waals surface area contributed by atoms with E-state index in [0.29, 0.717) is 39.4 Å². The van der Waals surface area contributed by atoms with Crippen LogP contribution in [0, 0.1) is 10.8 Å². The van der Waals surface area contributed by atoms with Gasteiger partial charge in [-0.25, -0.2) is 0 Å². The van der Waals surface area contributed by atoms with Gasteiger partial charge in [-0.2, -0.15) is 0 Å². The summed E-state index contributed by atoms with van der Waals surface area (Å²) in [6.45, 7) is 10.2. The van der Waals surface area contributed by atoms with Gasteiger partial charge in [0.2, 0.25) is 0 Å². The molecule has 5 N–H and O–H groups in total. The van der Waals surface area contributed by atoms with Gasteiger partial charge in [0, 0.05) is 25.9 Å². The number of ether oxygens (including phenoxy) is 2. The summed E-state index contributed by atoms with van der Waals surface area (Å²) in [6, 6.07) is 0.